The fourth-order valence-electron chi connectivity index (χ4n) is 1.75. The second-order valence-corrected chi connectivity index (χ2v) is 4.78. The number of benzene rings is 1. The number of phenolic OH excluding ortho intramolecular Hbond substituents is 1. The van der Waals surface area contributed by atoms with E-state index in [1.165, 1.54) is 11.8 Å². The van der Waals surface area contributed by atoms with Crippen LogP contribution in [-0.2, 0) is 0 Å². The predicted octanol–water partition coefficient (Wildman–Crippen LogP) is 1.75. The van der Waals surface area contributed by atoms with Crippen molar-refractivity contribution in [3.05, 3.63) is 36.0 Å². The summed E-state index contributed by atoms with van der Waals surface area (Å²) in [6, 6.07) is 9.03. The third kappa shape index (κ3) is 1.87. The van der Waals surface area contributed by atoms with E-state index in [1.54, 1.807) is 12.1 Å². The summed E-state index contributed by atoms with van der Waals surface area (Å²) in [6.07, 6.45) is -0.642. The number of aliphatic hydroxyl groups excluding tert-OH is 1. The van der Waals surface area contributed by atoms with Gasteiger partial charge in [0.15, 0.2) is 6.23 Å². The molecule has 0 fully saturated rings. The highest BCUT2D eigenvalue weighted by Crippen LogP contribution is 2.26. The maximum atomic E-state index is 9.73. The van der Waals surface area contributed by atoms with Gasteiger partial charge in [0.05, 0.1) is 5.69 Å². The molecular weight excluding hydrogens is 236 g/mol. The highest BCUT2D eigenvalue weighted by molar-refractivity contribution is 8.14. The number of pyridine rings is 1. The Hall–Kier alpha value is -1.59. The second-order valence-electron chi connectivity index (χ2n) is 3.77. The minimum Gasteiger partial charge on any atom is -0.506 e. The van der Waals surface area contributed by atoms with Crippen LogP contribution in [0.3, 0.4) is 0 Å². The molecule has 1 aromatic carbocycles. The molecule has 1 unspecified atom stereocenters. The summed E-state index contributed by atoms with van der Waals surface area (Å²) in [5.74, 6) is 0.726. The van der Waals surface area contributed by atoms with Crippen LogP contribution in [0.15, 0.2) is 35.3 Å². The lowest BCUT2D eigenvalue weighted by Crippen LogP contribution is -1.99. The Morgan fingerprint density at radius 1 is 1.24 bits per heavy atom. The maximum Gasteiger partial charge on any atom is 0.155 e. The predicted molar refractivity (Wildman–Crippen MR) is 68.4 cm³/mol. The van der Waals surface area contributed by atoms with E-state index in [-0.39, 0.29) is 5.75 Å². The van der Waals surface area contributed by atoms with Crippen LogP contribution in [0.5, 0.6) is 5.75 Å². The number of aromatic nitrogens is 1. The van der Waals surface area contributed by atoms with Crippen LogP contribution in [0.1, 0.15) is 5.69 Å². The van der Waals surface area contributed by atoms with Gasteiger partial charge in [-0.1, -0.05) is 30.0 Å². The molecule has 2 aromatic rings. The van der Waals surface area contributed by atoms with Gasteiger partial charge in [0.2, 0.25) is 0 Å². The summed E-state index contributed by atoms with van der Waals surface area (Å²) in [4.78, 5) is 8.46. The summed E-state index contributed by atoms with van der Waals surface area (Å²) in [5, 5.41) is 20.7. The van der Waals surface area contributed by atoms with Crippen molar-refractivity contribution in [2.75, 3.05) is 5.75 Å². The number of phenols is 1. The molecule has 0 amide bonds. The molecule has 3 rings (SSSR count). The van der Waals surface area contributed by atoms with Crippen molar-refractivity contribution in [2.24, 2.45) is 4.99 Å². The molecule has 0 radical (unpaired) electrons. The number of aliphatic imine (C=N–C) groups is 1. The monoisotopic (exact) mass is 246 g/mol. The van der Waals surface area contributed by atoms with Crippen LogP contribution in [0, 0.1) is 0 Å². The van der Waals surface area contributed by atoms with Crippen LogP contribution in [0.25, 0.3) is 10.9 Å². The van der Waals surface area contributed by atoms with Crippen LogP contribution >= 0.6 is 11.8 Å². The number of aliphatic hydroxyl groups is 1. The van der Waals surface area contributed by atoms with Gasteiger partial charge in [0, 0.05) is 11.1 Å². The zero-order chi connectivity index (χ0) is 11.8. The number of thioether (sulfide) groups is 1. The van der Waals surface area contributed by atoms with Gasteiger partial charge in [-0.25, -0.2) is 9.98 Å². The first-order valence-corrected chi connectivity index (χ1v) is 6.20. The lowest BCUT2D eigenvalue weighted by molar-refractivity contribution is 0.213. The lowest BCUT2D eigenvalue weighted by Gasteiger charge is -2.03. The first-order chi connectivity index (χ1) is 8.24. The molecule has 2 heterocycles. The molecule has 0 bridgehead atoms. The highest BCUT2D eigenvalue weighted by atomic mass is 32.2. The number of hydrogen-bond donors (Lipinski definition) is 2. The van der Waals surface area contributed by atoms with Crippen molar-refractivity contribution in [1.29, 1.82) is 0 Å². The van der Waals surface area contributed by atoms with Crippen molar-refractivity contribution >= 4 is 27.7 Å². The van der Waals surface area contributed by atoms with Gasteiger partial charge in [0.25, 0.3) is 0 Å². The molecule has 17 heavy (non-hydrogen) atoms. The number of rotatable bonds is 1. The molecule has 1 atom stereocenters. The van der Waals surface area contributed by atoms with E-state index in [0.29, 0.717) is 17.0 Å². The second kappa shape index (κ2) is 4.01. The lowest BCUT2D eigenvalue weighted by atomic mass is 10.2. The fraction of sp³-hybridized carbons (Fsp3) is 0.167. The molecule has 4 nitrogen and oxygen atoms in total. The summed E-state index contributed by atoms with van der Waals surface area (Å²) in [6.45, 7) is 0. The summed E-state index contributed by atoms with van der Waals surface area (Å²) in [5.41, 5.74) is 1.26. The smallest absolute Gasteiger partial charge is 0.155 e. The van der Waals surface area contributed by atoms with Gasteiger partial charge < -0.3 is 10.2 Å². The number of hydrogen-bond acceptors (Lipinski definition) is 5. The van der Waals surface area contributed by atoms with Crippen LogP contribution in [0.4, 0.5) is 0 Å². The Balaban J connectivity index is 2.13. The van der Waals surface area contributed by atoms with E-state index in [0.717, 1.165) is 10.4 Å². The summed E-state index contributed by atoms with van der Waals surface area (Å²) in [7, 11) is 0. The van der Waals surface area contributed by atoms with E-state index in [9.17, 15) is 10.2 Å². The molecule has 0 saturated carbocycles. The van der Waals surface area contributed by atoms with Crippen molar-refractivity contribution in [1.82, 2.24) is 4.98 Å². The number of nitrogens with zero attached hydrogens (tertiary/aromatic N) is 2. The molecule has 0 spiro atoms. The topological polar surface area (TPSA) is 65.7 Å². The SMILES string of the molecule is Oc1cccc2ccc(C3=NC(O)CS3)nc12. The van der Waals surface area contributed by atoms with E-state index < -0.39 is 6.23 Å². The Kier molecular flexibility index (Phi) is 2.49. The van der Waals surface area contributed by atoms with E-state index >= 15 is 0 Å². The van der Waals surface area contributed by atoms with Gasteiger partial charge in [0.1, 0.15) is 16.3 Å². The molecule has 5 heteroatoms. The third-order valence-electron chi connectivity index (χ3n) is 2.55. The van der Waals surface area contributed by atoms with Crippen LogP contribution in [-0.4, -0.2) is 32.2 Å². The first kappa shape index (κ1) is 10.6. The van der Waals surface area contributed by atoms with Crippen LogP contribution in [0.2, 0.25) is 0 Å². The number of fused-ring (bicyclic) bond motifs is 1. The molecule has 0 aliphatic carbocycles. The Morgan fingerprint density at radius 3 is 2.88 bits per heavy atom. The zero-order valence-electron chi connectivity index (χ0n) is 8.87. The Morgan fingerprint density at radius 2 is 2.12 bits per heavy atom. The maximum absolute atomic E-state index is 9.73. The minimum absolute atomic E-state index is 0.161. The highest BCUT2D eigenvalue weighted by Gasteiger charge is 2.18. The Labute approximate surface area is 102 Å². The largest absolute Gasteiger partial charge is 0.506 e. The molecule has 0 saturated heterocycles. The summed E-state index contributed by atoms with van der Waals surface area (Å²) < 4.78 is 0. The standard InChI is InChI=1S/C12H10N2O2S/c15-9-3-1-2-7-4-5-8(13-11(7)9)12-14-10(16)6-17-12/h1-5,10,15-16H,6H2. The van der Waals surface area contributed by atoms with Crippen molar-refractivity contribution < 1.29 is 10.2 Å². The quantitative estimate of drug-likeness (QED) is 0.804. The molecule has 1 aliphatic rings. The average Bonchev–Trinajstić information content (AvgIpc) is 2.76. The van der Waals surface area contributed by atoms with Crippen molar-refractivity contribution in [3.63, 3.8) is 0 Å². The number of aromatic hydroxyl groups is 1. The van der Waals surface area contributed by atoms with Crippen LogP contribution < -0.4 is 0 Å². The van der Waals surface area contributed by atoms with E-state index in [1.807, 2.05) is 18.2 Å². The third-order valence-corrected chi connectivity index (χ3v) is 3.61. The van der Waals surface area contributed by atoms with Crippen molar-refractivity contribution in [2.45, 2.75) is 6.23 Å². The minimum atomic E-state index is -0.642. The molecular formula is C12H10N2O2S. The zero-order valence-corrected chi connectivity index (χ0v) is 9.68. The van der Waals surface area contributed by atoms with Gasteiger partial charge in [-0.2, -0.15) is 0 Å². The number of para-hydroxylation sites is 1. The molecule has 2 N–H and O–H groups in total. The molecule has 1 aromatic heterocycles. The van der Waals surface area contributed by atoms with Gasteiger partial charge >= 0.3 is 0 Å². The fourth-order valence-corrected chi connectivity index (χ4v) is 2.59. The van der Waals surface area contributed by atoms with Gasteiger partial charge in [-0.05, 0) is 12.1 Å². The first-order valence-electron chi connectivity index (χ1n) is 5.22. The van der Waals surface area contributed by atoms with Gasteiger partial charge in [-0.15, -0.1) is 0 Å². The van der Waals surface area contributed by atoms with Crippen molar-refractivity contribution in [3.8, 4) is 5.75 Å². The average molecular weight is 246 g/mol. The molecule has 86 valence electrons. The van der Waals surface area contributed by atoms with Gasteiger partial charge in [-0.3, -0.25) is 0 Å². The van der Waals surface area contributed by atoms with E-state index in [2.05, 4.69) is 9.98 Å². The van der Waals surface area contributed by atoms with E-state index in [4.69, 9.17) is 0 Å². The normalized spacial score (nSPS) is 19.6. The summed E-state index contributed by atoms with van der Waals surface area (Å²) >= 11 is 1.47. The Bertz CT molecular complexity index is 612. The molecule has 1 aliphatic heterocycles.